The molecule has 0 amide bonds. The molecule has 0 aromatic rings. The summed E-state index contributed by atoms with van der Waals surface area (Å²) in [4.78, 5) is 2.31. The summed E-state index contributed by atoms with van der Waals surface area (Å²) in [6.45, 7) is 7.67. The number of rotatable bonds is 0. The molecular formula is C27H45NO6. The molecule has 0 unspecified atom stereocenters. The Morgan fingerprint density at radius 1 is 0.735 bits per heavy atom. The standard InChI is InChI=1S/C27H45NO6/c1-14-4-5-22-25(3,32)23-19(13-28(22)12-14)26(33)10-18-16(27(26,34)11-21(23)31)9-20(30)17-8-15(29)6-7-24(17,18)2/h14-23,29-34H,4-13H2,1-3H3/t14-,15+,16+,17+,18-,19-,20-,21-,22-,23-,24+,25+,26+,27+/m0/s1. The maximum Gasteiger partial charge on any atom is 0.0993 e. The van der Waals surface area contributed by atoms with Crippen molar-refractivity contribution in [3.63, 3.8) is 0 Å². The number of fused-ring (bicyclic) bond motifs is 8. The maximum atomic E-state index is 12.5. The van der Waals surface area contributed by atoms with Crippen LogP contribution in [-0.4, -0.2) is 89.8 Å². The van der Waals surface area contributed by atoms with E-state index in [1.165, 1.54) is 0 Å². The van der Waals surface area contributed by atoms with E-state index in [1.54, 1.807) is 0 Å². The van der Waals surface area contributed by atoms with Gasteiger partial charge in [0.1, 0.15) is 0 Å². The van der Waals surface area contributed by atoms with Gasteiger partial charge in [0.2, 0.25) is 0 Å². The zero-order valence-corrected chi connectivity index (χ0v) is 21.0. The van der Waals surface area contributed by atoms with E-state index in [0.29, 0.717) is 38.1 Å². The SMILES string of the molecule is C[C@H]1CC[C@@H]2N(C1)C[C@H]1[C@@H]([C@@H](O)C[C@@]3(O)[C@@H]4C[C@H](O)[C@H]5C[C@H](O)CC[C@@]5(C)[C@H]4C[C@@]13O)[C@]2(C)O. The first-order valence-electron chi connectivity index (χ1n) is 13.8. The van der Waals surface area contributed by atoms with E-state index in [0.717, 1.165) is 25.8 Å². The van der Waals surface area contributed by atoms with Crippen LogP contribution < -0.4 is 0 Å². The molecule has 7 heteroatoms. The van der Waals surface area contributed by atoms with Crippen LogP contribution in [0.25, 0.3) is 0 Å². The summed E-state index contributed by atoms with van der Waals surface area (Å²) in [6, 6.07) is -0.0402. The predicted octanol–water partition coefficient (Wildman–Crippen LogP) is 0.879. The van der Waals surface area contributed by atoms with Gasteiger partial charge in [0.05, 0.1) is 35.1 Å². The highest BCUT2D eigenvalue weighted by Gasteiger charge is 2.76. The molecule has 194 valence electrons. The molecular weight excluding hydrogens is 434 g/mol. The Morgan fingerprint density at radius 3 is 2.18 bits per heavy atom. The van der Waals surface area contributed by atoms with Crippen LogP contribution in [0.1, 0.15) is 72.1 Å². The zero-order valence-electron chi connectivity index (χ0n) is 21.0. The molecule has 6 rings (SSSR count). The second-order valence-corrected chi connectivity index (χ2v) is 13.9. The number of hydrogen-bond acceptors (Lipinski definition) is 7. The molecule has 6 fully saturated rings. The maximum absolute atomic E-state index is 12.5. The minimum absolute atomic E-state index is 0.0114. The molecule has 7 nitrogen and oxygen atoms in total. The third-order valence-corrected chi connectivity index (χ3v) is 12.3. The van der Waals surface area contributed by atoms with Gasteiger partial charge < -0.3 is 30.6 Å². The van der Waals surface area contributed by atoms with Gasteiger partial charge in [-0.2, -0.15) is 0 Å². The molecule has 4 saturated carbocycles. The lowest BCUT2D eigenvalue weighted by atomic mass is 9.50. The van der Waals surface area contributed by atoms with Gasteiger partial charge in [-0.05, 0) is 81.0 Å². The molecule has 0 bridgehead atoms. The second-order valence-electron chi connectivity index (χ2n) is 13.9. The summed E-state index contributed by atoms with van der Waals surface area (Å²) in [5.41, 5.74) is -4.33. The largest absolute Gasteiger partial charge is 0.393 e. The fourth-order valence-electron chi connectivity index (χ4n) is 10.6. The Hall–Kier alpha value is -0.280. The monoisotopic (exact) mass is 479 g/mol. The van der Waals surface area contributed by atoms with E-state index in [4.69, 9.17) is 0 Å². The Kier molecular flexibility index (Phi) is 5.24. The van der Waals surface area contributed by atoms with Crippen LogP contribution in [-0.2, 0) is 0 Å². The summed E-state index contributed by atoms with van der Waals surface area (Å²) >= 11 is 0. The van der Waals surface area contributed by atoms with Crippen molar-refractivity contribution in [1.82, 2.24) is 4.90 Å². The van der Waals surface area contributed by atoms with E-state index in [-0.39, 0.29) is 35.6 Å². The predicted molar refractivity (Wildman–Crippen MR) is 126 cm³/mol. The molecule has 0 aromatic heterocycles. The first kappa shape index (κ1) is 24.1. The van der Waals surface area contributed by atoms with Gasteiger partial charge in [-0.15, -0.1) is 0 Å². The van der Waals surface area contributed by atoms with Crippen molar-refractivity contribution in [3.05, 3.63) is 0 Å². The first-order chi connectivity index (χ1) is 15.8. The minimum Gasteiger partial charge on any atom is -0.393 e. The number of nitrogens with zero attached hydrogens (tertiary/aromatic N) is 1. The van der Waals surface area contributed by atoms with Crippen molar-refractivity contribution < 1.29 is 30.6 Å². The van der Waals surface area contributed by atoms with Gasteiger partial charge in [-0.1, -0.05) is 13.8 Å². The number of hydrogen-bond donors (Lipinski definition) is 6. The number of piperidine rings is 2. The molecule has 2 heterocycles. The average molecular weight is 480 g/mol. The van der Waals surface area contributed by atoms with E-state index in [2.05, 4.69) is 18.7 Å². The minimum atomic E-state index is -1.49. The van der Waals surface area contributed by atoms with Crippen molar-refractivity contribution in [3.8, 4) is 0 Å². The lowest BCUT2D eigenvalue weighted by Gasteiger charge is -2.64. The molecule has 4 aliphatic carbocycles. The third kappa shape index (κ3) is 2.89. The molecule has 6 N–H and O–H groups in total. The quantitative estimate of drug-likeness (QED) is 0.305. The van der Waals surface area contributed by atoms with Gasteiger partial charge >= 0.3 is 0 Å². The Morgan fingerprint density at radius 2 is 1.44 bits per heavy atom. The molecule has 34 heavy (non-hydrogen) atoms. The Bertz CT molecular complexity index is 838. The molecule has 2 saturated heterocycles. The highest BCUT2D eigenvalue weighted by molar-refractivity contribution is 5.27. The summed E-state index contributed by atoms with van der Waals surface area (Å²) in [5.74, 6) is -0.751. The van der Waals surface area contributed by atoms with E-state index < -0.39 is 47.0 Å². The summed E-state index contributed by atoms with van der Waals surface area (Å²) in [6.07, 6.45) is 2.86. The summed E-state index contributed by atoms with van der Waals surface area (Å²) in [7, 11) is 0. The highest BCUT2D eigenvalue weighted by Crippen LogP contribution is 2.69. The zero-order chi connectivity index (χ0) is 24.4. The highest BCUT2D eigenvalue weighted by atomic mass is 16.4. The molecule has 6 aliphatic rings. The van der Waals surface area contributed by atoms with Crippen molar-refractivity contribution in [2.24, 2.45) is 40.9 Å². The average Bonchev–Trinajstić information content (AvgIpc) is 2.97. The van der Waals surface area contributed by atoms with Crippen molar-refractivity contribution in [2.45, 2.75) is 113 Å². The molecule has 0 aromatic carbocycles. The van der Waals surface area contributed by atoms with Crippen LogP contribution in [0, 0.1) is 40.9 Å². The van der Waals surface area contributed by atoms with Crippen molar-refractivity contribution in [1.29, 1.82) is 0 Å². The first-order valence-corrected chi connectivity index (χ1v) is 13.8. The topological polar surface area (TPSA) is 125 Å². The van der Waals surface area contributed by atoms with Crippen LogP contribution in [0.3, 0.4) is 0 Å². The van der Waals surface area contributed by atoms with Crippen molar-refractivity contribution >= 4 is 0 Å². The number of aliphatic hydroxyl groups excluding tert-OH is 3. The van der Waals surface area contributed by atoms with E-state index in [1.807, 2.05) is 6.92 Å². The Balaban J connectivity index is 1.41. The van der Waals surface area contributed by atoms with Gasteiger partial charge in [0.25, 0.3) is 0 Å². The van der Waals surface area contributed by atoms with Crippen LogP contribution in [0.4, 0.5) is 0 Å². The third-order valence-electron chi connectivity index (χ3n) is 12.3. The molecule has 14 atom stereocenters. The van der Waals surface area contributed by atoms with Crippen LogP contribution in [0.2, 0.25) is 0 Å². The summed E-state index contributed by atoms with van der Waals surface area (Å²) < 4.78 is 0. The van der Waals surface area contributed by atoms with Crippen LogP contribution in [0.5, 0.6) is 0 Å². The van der Waals surface area contributed by atoms with Gasteiger partial charge in [-0.25, -0.2) is 0 Å². The second kappa shape index (κ2) is 7.40. The Labute approximate surface area is 203 Å². The van der Waals surface area contributed by atoms with Crippen LogP contribution in [0.15, 0.2) is 0 Å². The smallest absolute Gasteiger partial charge is 0.0993 e. The van der Waals surface area contributed by atoms with E-state index in [9.17, 15) is 30.6 Å². The van der Waals surface area contributed by atoms with Crippen LogP contribution >= 0.6 is 0 Å². The fraction of sp³-hybridized carbons (Fsp3) is 1.00. The molecule has 0 radical (unpaired) electrons. The van der Waals surface area contributed by atoms with E-state index >= 15 is 0 Å². The van der Waals surface area contributed by atoms with Gasteiger partial charge in [0.15, 0.2) is 0 Å². The summed E-state index contributed by atoms with van der Waals surface area (Å²) in [5, 5.41) is 69.6. The number of aliphatic hydroxyl groups is 6. The molecule has 2 aliphatic heterocycles. The molecule has 0 spiro atoms. The lowest BCUT2D eigenvalue weighted by molar-refractivity contribution is -0.293. The normalized spacial score (nSPS) is 63.8. The lowest BCUT2D eigenvalue weighted by Crippen LogP contribution is -2.77. The fourth-order valence-corrected chi connectivity index (χ4v) is 10.6. The van der Waals surface area contributed by atoms with Crippen molar-refractivity contribution in [2.75, 3.05) is 13.1 Å². The van der Waals surface area contributed by atoms with Gasteiger partial charge in [0, 0.05) is 37.4 Å². The van der Waals surface area contributed by atoms with Gasteiger partial charge in [-0.3, -0.25) is 4.90 Å².